The van der Waals surface area contributed by atoms with E-state index in [0.29, 0.717) is 11.4 Å². The van der Waals surface area contributed by atoms with Crippen LogP contribution in [0.1, 0.15) is 12.6 Å². The molecule has 0 saturated carbocycles. The number of thiazole rings is 1. The van der Waals surface area contributed by atoms with Crippen LogP contribution in [-0.4, -0.2) is 34.0 Å². The summed E-state index contributed by atoms with van der Waals surface area (Å²) >= 11 is 1.55. The summed E-state index contributed by atoms with van der Waals surface area (Å²) in [5.74, 6) is 0.651. The molecule has 0 aliphatic carbocycles. The van der Waals surface area contributed by atoms with E-state index in [1.165, 1.54) is 0 Å². The number of anilines is 1. The Balaban J connectivity index is 1.74. The number of hydrazone groups is 1. The molecule has 23 heavy (non-hydrogen) atoms. The number of rotatable bonds is 6. The molecule has 1 aromatic carbocycles. The first-order chi connectivity index (χ1) is 11.3. The van der Waals surface area contributed by atoms with Crippen LogP contribution in [0.15, 0.2) is 47.7 Å². The molecule has 7 heteroatoms. The van der Waals surface area contributed by atoms with Crippen LogP contribution in [0.5, 0.6) is 5.75 Å². The van der Waals surface area contributed by atoms with E-state index < -0.39 is 0 Å². The van der Waals surface area contributed by atoms with Gasteiger partial charge in [0.2, 0.25) is 5.13 Å². The van der Waals surface area contributed by atoms with E-state index in [2.05, 4.69) is 20.5 Å². The smallest absolute Gasteiger partial charge is 0.204 e. The Kier molecular flexibility index (Phi) is 4.80. The summed E-state index contributed by atoms with van der Waals surface area (Å²) in [6.07, 6.45) is 1.65. The molecule has 3 rings (SSSR count). The van der Waals surface area contributed by atoms with E-state index >= 15 is 0 Å². The minimum atomic E-state index is -0.0239. The fourth-order valence-electron chi connectivity index (χ4n) is 1.97. The van der Waals surface area contributed by atoms with E-state index in [4.69, 9.17) is 9.84 Å². The Hall–Kier alpha value is -2.51. The highest BCUT2D eigenvalue weighted by molar-refractivity contribution is 7.22. The lowest BCUT2D eigenvalue weighted by Crippen LogP contribution is -2.05. The molecular weight excluding hydrogens is 312 g/mol. The van der Waals surface area contributed by atoms with Gasteiger partial charge in [-0.3, -0.25) is 10.4 Å². The predicted octanol–water partition coefficient (Wildman–Crippen LogP) is 2.90. The largest absolute Gasteiger partial charge is 0.491 e. The summed E-state index contributed by atoms with van der Waals surface area (Å²) in [5, 5.41) is 13.9. The van der Waals surface area contributed by atoms with Gasteiger partial charge in [0.1, 0.15) is 12.4 Å². The van der Waals surface area contributed by atoms with Crippen molar-refractivity contribution in [2.75, 3.05) is 18.6 Å². The number of fused-ring (bicyclic) bond motifs is 1. The molecule has 0 bridgehead atoms. The van der Waals surface area contributed by atoms with Crippen molar-refractivity contribution in [3.63, 3.8) is 0 Å². The number of benzene rings is 1. The highest BCUT2D eigenvalue weighted by Gasteiger charge is 2.04. The van der Waals surface area contributed by atoms with Gasteiger partial charge in [-0.1, -0.05) is 23.5 Å². The molecule has 0 radical (unpaired) electrons. The Morgan fingerprint density at radius 3 is 3.04 bits per heavy atom. The van der Waals surface area contributed by atoms with E-state index in [-0.39, 0.29) is 13.2 Å². The van der Waals surface area contributed by atoms with Crippen molar-refractivity contribution in [2.24, 2.45) is 5.10 Å². The van der Waals surface area contributed by atoms with Gasteiger partial charge in [-0.25, -0.2) is 4.98 Å². The molecule has 0 spiro atoms. The lowest BCUT2D eigenvalue weighted by molar-refractivity contribution is 0.201. The normalized spacial score (nSPS) is 11.7. The number of pyridine rings is 1. The second kappa shape index (κ2) is 7.17. The summed E-state index contributed by atoms with van der Waals surface area (Å²) in [5.41, 5.74) is 5.34. The van der Waals surface area contributed by atoms with Crippen LogP contribution in [0, 0.1) is 0 Å². The summed E-state index contributed by atoms with van der Waals surface area (Å²) in [6, 6.07) is 11.5. The summed E-state index contributed by atoms with van der Waals surface area (Å²) in [4.78, 5) is 8.74. The molecule has 2 N–H and O–H groups in total. The van der Waals surface area contributed by atoms with E-state index in [9.17, 15) is 0 Å². The molecule has 0 aliphatic heterocycles. The van der Waals surface area contributed by atoms with Crippen molar-refractivity contribution < 1.29 is 9.84 Å². The SMILES string of the molecule is C/C(=N\Nc1nc2ccccc2s1)c1cc(OCCO)ccn1. The zero-order chi connectivity index (χ0) is 16.1. The van der Waals surface area contributed by atoms with Gasteiger partial charge in [0.05, 0.1) is 28.2 Å². The van der Waals surface area contributed by atoms with Crippen LogP contribution < -0.4 is 10.2 Å². The highest BCUT2D eigenvalue weighted by atomic mass is 32.1. The average Bonchev–Trinajstić information content (AvgIpc) is 3.01. The third kappa shape index (κ3) is 3.82. The maximum atomic E-state index is 8.80. The lowest BCUT2D eigenvalue weighted by Gasteiger charge is -2.06. The first-order valence-corrected chi connectivity index (χ1v) is 7.94. The number of ether oxygens (including phenoxy) is 1. The summed E-state index contributed by atoms with van der Waals surface area (Å²) in [7, 11) is 0. The van der Waals surface area contributed by atoms with Gasteiger partial charge < -0.3 is 9.84 Å². The van der Waals surface area contributed by atoms with Crippen molar-refractivity contribution in [3.05, 3.63) is 48.3 Å². The van der Waals surface area contributed by atoms with Gasteiger partial charge in [-0.15, -0.1) is 0 Å². The molecule has 3 aromatic rings. The first-order valence-electron chi connectivity index (χ1n) is 7.12. The van der Waals surface area contributed by atoms with Gasteiger partial charge in [0.25, 0.3) is 0 Å². The molecule has 0 amide bonds. The molecule has 0 aliphatic rings. The van der Waals surface area contributed by atoms with Crippen LogP contribution in [0.2, 0.25) is 0 Å². The minimum Gasteiger partial charge on any atom is -0.491 e. The molecule has 2 aromatic heterocycles. The fraction of sp³-hybridized carbons (Fsp3) is 0.188. The van der Waals surface area contributed by atoms with Crippen molar-refractivity contribution >= 4 is 32.4 Å². The molecule has 0 unspecified atom stereocenters. The van der Waals surface area contributed by atoms with Gasteiger partial charge in [-0.2, -0.15) is 5.10 Å². The van der Waals surface area contributed by atoms with Crippen LogP contribution in [0.4, 0.5) is 5.13 Å². The third-order valence-corrected chi connectivity index (χ3v) is 4.02. The number of aliphatic hydroxyl groups is 1. The molecule has 0 atom stereocenters. The van der Waals surface area contributed by atoms with E-state index in [1.54, 1.807) is 29.7 Å². The second-order valence-electron chi connectivity index (χ2n) is 4.74. The van der Waals surface area contributed by atoms with Crippen LogP contribution in [0.3, 0.4) is 0 Å². The standard InChI is InChI=1S/C16H16N4O2S/c1-11(14-10-12(6-7-17-14)22-9-8-21)19-20-16-18-13-4-2-3-5-15(13)23-16/h2-7,10,21H,8-9H2,1H3,(H,18,20)/b19-11+. The predicted molar refractivity (Wildman–Crippen MR) is 92.3 cm³/mol. The van der Waals surface area contributed by atoms with Gasteiger partial charge in [0, 0.05) is 12.3 Å². The maximum absolute atomic E-state index is 8.80. The van der Waals surface area contributed by atoms with Gasteiger partial charge in [0.15, 0.2) is 0 Å². The van der Waals surface area contributed by atoms with Crippen molar-refractivity contribution in [3.8, 4) is 5.75 Å². The Morgan fingerprint density at radius 2 is 2.22 bits per heavy atom. The first kappa shape index (κ1) is 15.4. The van der Waals surface area contributed by atoms with Crippen molar-refractivity contribution in [1.29, 1.82) is 0 Å². The minimum absolute atomic E-state index is 0.0239. The van der Waals surface area contributed by atoms with E-state index in [1.807, 2.05) is 31.2 Å². The molecular formula is C16H16N4O2S. The van der Waals surface area contributed by atoms with Crippen LogP contribution in [0.25, 0.3) is 10.2 Å². The highest BCUT2D eigenvalue weighted by Crippen LogP contribution is 2.25. The van der Waals surface area contributed by atoms with Gasteiger partial charge >= 0.3 is 0 Å². The zero-order valence-corrected chi connectivity index (χ0v) is 13.4. The van der Waals surface area contributed by atoms with Crippen molar-refractivity contribution in [1.82, 2.24) is 9.97 Å². The van der Waals surface area contributed by atoms with E-state index in [0.717, 1.165) is 21.1 Å². The fourth-order valence-corrected chi connectivity index (χ4v) is 2.78. The molecule has 0 fully saturated rings. The number of hydrogen-bond acceptors (Lipinski definition) is 7. The maximum Gasteiger partial charge on any atom is 0.204 e. The summed E-state index contributed by atoms with van der Waals surface area (Å²) < 4.78 is 6.48. The Labute approximate surface area is 137 Å². The number of para-hydroxylation sites is 1. The van der Waals surface area contributed by atoms with Crippen LogP contribution >= 0.6 is 11.3 Å². The molecule has 0 saturated heterocycles. The molecule has 2 heterocycles. The number of aromatic nitrogens is 2. The second-order valence-corrected chi connectivity index (χ2v) is 5.78. The zero-order valence-electron chi connectivity index (χ0n) is 12.6. The Bertz CT molecular complexity index is 799. The number of hydrogen-bond donors (Lipinski definition) is 2. The molecule has 118 valence electrons. The Morgan fingerprint density at radius 1 is 1.35 bits per heavy atom. The quantitative estimate of drug-likeness (QED) is 0.537. The number of nitrogens with zero attached hydrogens (tertiary/aromatic N) is 3. The summed E-state index contributed by atoms with van der Waals surface area (Å²) in [6.45, 7) is 2.09. The van der Waals surface area contributed by atoms with Crippen LogP contribution in [-0.2, 0) is 0 Å². The third-order valence-electron chi connectivity index (χ3n) is 3.08. The number of aliphatic hydroxyl groups excluding tert-OH is 1. The monoisotopic (exact) mass is 328 g/mol. The van der Waals surface area contributed by atoms with Crippen molar-refractivity contribution in [2.45, 2.75) is 6.92 Å². The topological polar surface area (TPSA) is 79.6 Å². The van der Waals surface area contributed by atoms with Gasteiger partial charge in [-0.05, 0) is 25.1 Å². The number of nitrogens with one attached hydrogen (secondary N) is 1. The lowest BCUT2D eigenvalue weighted by atomic mass is 10.2. The molecule has 6 nitrogen and oxygen atoms in total. The average molecular weight is 328 g/mol.